The van der Waals surface area contributed by atoms with E-state index in [9.17, 15) is 4.39 Å². The Bertz CT molecular complexity index is 603. The molecule has 0 saturated carbocycles. The highest BCUT2D eigenvalue weighted by molar-refractivity contribution is 5.35. The topological polar surface area (TPSA) is 53.2 Å². The van der Waals surface area contributed by atoms with Gasteiger partial charge >= 0.3 is 0 Å². The molecule has 19 heavy (non-hydrogen) atoms. The van der Waals surface area contributed by atoms with Gasteiger partial charge in [0.2, 0.25) is 0 Å². The lowest BCUT2D eigenvalue weighted by atomic mass is 10.1. The summed E-state index contributed by atoms with van der Waals surface area (Å²) in [5.74, 6) is -0.436. The number of aliphatic hydroxyl groups is 1. The molecule has 0 amide bonds. The monoisotopic (exact) mass is 257 g/mol. The van der Waals surface area contributed by atoms with Gasteiger partial charge in [0.1, 0.15) is 6.61 Å². The predicted molar refractivity (Wildman–Crippen MR) is 67.8 cm³/mol. The molecular weight excluding hydrogens is 245 g/mol. The van der Waals surface area contributed by atoms with Crippen molar-refractivity contribution in [3.8, 4) is 11.8 Å². The van der Waals surface area contributed by atoms with Crippen LogP contribution in [0.1, 0.15) is 16.7 Å². The summed E-state index contributed by atoms with van der Waals surface area (Å²) in [5, 5.41) is 17.8. The third-order valence-corrected chi connectivity index (χ3v) is 2.69. The van der Waals surface area contributed by atoms with Crippen LogP contribution in [-0.4, -0.2) is 5.11 Å². The fourth-order valence-electron chi connectivity index (χ4n) is 1.67. The Balaban J connectivity index is 2.12. The van der Waals surface area contributed by atoms with E-state index < -0.39 is 5.82 Å². The number of rotatable bonds is 4. The summed E-state index contributed by atoms with van der Waals surface area (Å²) in [4.78, 5) is 0. The number of hydrogen-bond donors (Lipinski definition) is 1. The lowest BCUT2D eigenvalue weighted by Crippen LogP contribution is -2.01. The molecule has 0 bridgehead atoms. The van der Waals surface area contributed by atoms with Gasteiger partial charge in [0.05, 0.1) is 18.2 Å². The van der Waals surface area contributed by atoms with Crippen molar-refractivity contribution in [2.75, 3.05) is 0 Å². The lowest BCUT2D eigenvalue weighted by molar-refractivity contribution is 0.251. The fourth-order valence-corrected chi connectivity index (χ4v) is 1.67. The van der Waals surface area contributed by atoms with Gasteiger partial charge < -0.3 is 9.84 Å². The maximum absolute atomic E-state index is 13.6. The zero-order valence-electron chi connectivity index (χ0n) is 10.1. The van der Waals surface area contributed by atoms with Crippen LogP contribution in [0.25, 0.3) is 0 Å². The molecule has 4 heteroatoms. The van der Waals surface area contributed by atoms with Gasteiger partial charge in [-0.2, -0.15) is 5.26 Å². The van der Waals surface area contributed by atoms with Gasteiger partial charge in [0.25, 0.3) is 0 Å². The van der Waals surface area contributed by atoms with Crippen LogP contribution in [0.4, 0.5) is 4.39 Å². The zero-order valence-corrected chi connectivity index (χ0v) is 10.1. The van der Waals surface area contributed by atoms with Crippen molar-refractivity contribution in [1.82, 2.24) is 0 Å². The summed E-state index contributed by atoms with van der Waals surface area (Å²) in [6.45, 7) is -0.0971. The van der Waals surface area contributed by atoms with Gasteiger partial charge in [-0.3, -0.25) is 0 Å². The second kappa shape index (κ2) is 5.98. The Hall–Kier alpha value is -2.38. The highest BCUT2D eigenvalue weighted by Gasteiger charge is 2.09. The van der Waals surface area contributed by atoms with Crippen molar-refractivity contribution in [2.24, 2.45) is 0 Å². The Labute approximate surface area is 110 Å². The van der Waals surface area contributed by atoms with E-state index >= 15 is 0 Å². The van der Waals surface area contributed by atoms with E-state index in [0.717, 1.165) is 5.56 Å². The van der Waals surface area contributed by atoms with E-state index in [1.54, 1.807) is 30.3 Å². The van der Waals surface area contributed by atoms with Crippen LogP contribution in [-0.2, 0) is 13.2 Å². The number of hydrogen-bond acceptors (Lipinski definition) is 3. The van der Waals surface area contributed by atoms with Crippen molar-refractivity contribution in [2.45, 2.75) is 13.2 Å². The van der Waals surface area contributed by atoms with E-state index in [1.807, 2.05) is 6.07 Å². The van der Waals surface area contributed by atoms with Crippen molar-refractivity contribution in [3.63, 3.8) is 0 Å². The summed E-state index contributed by atoms with van der Waals surface area (Å²) in [6.07, 6.45) is 0. The second-order valence-electron chi connectivity index (χ2n) is 3.98. The molecule has 2 aromatic carbocycles. The molecule has 0 heterocycles. The Morgan fingerprint density at radius 1 is 1.16 bits per heavy atom. The van der Waals surface area contributed by atoms with Crippen molar-refractivity contribution in [1.29, 1.82) is 5.26 Å². The molecule has 0 aliphatic rings. The van der Waals surface area contributed by atoms with Crippen LogP contribution in [0.15, 0.2) is 42.5 Å². The van der Waals surface area contributed by atoms with E-state index in [0.29, 0.717) is 11.1 Å². The number of nitriles is 1. The first-order chi connectivity index (χ1) is 9.24. The number of para-hydroxylation sites is 1. The average molecular weight is 257 g/mol. The zero-order chi connectivity index (χ0) is 13.7. The number of halogens is 1. The number of benzene rings is 2. The highest BCUT2D eigenvalue weighted by atomic mass is 19.1. The molecule has 2 rings (SSSR count). The summed E-state index contributed by atoms with van der Waals surface area (Å²) in [6, 6.07) is 13.3. The van der Waals surface area contributed by atoms with Crippen LogP contribution in [0.2, 0.25) is 0 Å². The van der Waals surface area contributed by atoms with Gasteiger partial charge in [-0.15, -0.1) is 0 Å². The van der Waals surface area contributed by atoms with Gasteiger partial charge in [-0.25, -0.2) is 4.39 Å². The number of nitrogens with zero attached hydrogens (tertiary/aromatic N) is 1. The fraction of sp³-hybridized carbons (Fsp3) is 0.133. The summed E-state index contributed by atoms with van der Waals surface area (Å²) < 4.78 is 19.0. The Morgan fingerprint density at radius 3 is 2.53 bits per heavy atom. The highest BCUT2D eigenvalue weighted by Crippen LogP contribution is 2.23. The van der Waals surface area contributed by atoms with E-state index in [1.165, 1.54) is 12.1 Å². The first-order valence-corrected chi connectivity index (χ1v) is 5.74. The van der Waals surface area contributed by atoms with Gasteiger partial charge in [-0.05, 0) is 23.8 Å². The van der Waals surface area contributed by atoms with Crippen LogP contribution < -0.4 is 4.74 Å². The van der Waals surface area contributed by atoms with E-state index in [4.69, 9.17) is 15.1 Å². The molecule has 0 aromatic heterocycles. The van der Waals surface area contributed by atoms with Crippen LogP contribution in [0.3, 0.4) is 0 Å². The van der Waals surface area contributed by atoms with E-state index in [2.05, 4.69) is 0 Å². The first kappa shape index (κ1) is 13.1. The maximum Gasteiger partial charge on any atom is 0.165 e. The normalized spacial score (nSPS) is 9.95. The largest absolute Gasteiger partial charge is 0.485 e. The molecule has 3 nitrogen and oxygen atoms in total. The smallest absolute Gasteiger partial charge is 0.165 e. The molecule has 0 aliphatic carbocycles. The minimum atomic E-state index is -0.500. The molecule has 0 unspecified atom stereocenters. The molecule has 96 valence electrons. The number of ether oxygens (including phenoxy) is 1. The maximum atomic E-state index is 13.6. The van der Waals surface area contributed by atoms with Crippen LogP contribution in [0, 0.1) is 17.1 Å². The van der Waals surface area contributed by atoms with Gasteiger partial charge in [0, 0.05) is 5.56 Å². The minimum Gasteiger partial charge on any atom is -0.485 e. The van der Waals surface area contributed by atoms with Crippen LogP contribution >= 0.6 is 0 Å². The summed E-state index contributed by atoms with van der Waals surface area (Å²) >= 11 is 0. The molecule has 0 radical (unpaired) electrons. The summed E-state index contributed by atoms with van der Waals surface area (Å²) in [5.41, 5.74) is 1.80. The molecular formula is C15H12FNO2. The van der Waals surface area contributed by atoms with Crippen molar-refractivity contribution >= 4 is 0 Å². The van der Waals surface area contributed by atoms with Crippen molar-refractivity contribution < 1.29 is 14.2 Å². The molecule has 0 atom stereocenters. The predicted octanol–water partition coefficient (Wildman–Crippen LogP) is 2.77. The molecule has 0 fully saturated rings. The second-order valence-corrected chi connectivity index (χ2v) is 3.98. The average Bonchev–Trinajstić information content (AvgIpc) is 2.46. The lowest BCUT2D eigenvalue weighted by Gasteiger charge is -2.11. The van der Waals surface area contributed by atoms with E-state index in [-0.39, 0.29) is 19.0 Å². The Morgan fingerprint density at radius 2 is 1.89 bits per heavy atom. The first-order valence-electron chi connectivity index (χ1n) is 5.74. The molecule has 0 aliphatic heterocycles. The molecule has 0 saturated heterocycles. The molecule has 2 aromatic rings. The molecule has 0 spiro atoms. The van der Waals surface area contributed by atoms with Gasteiger partial charge in [-0.1, -0.05) is 24.3 Å². The SMILES string of the molecule is N#Cc1ccc(COc2c(F)cccc2CO)cc1. The third kappa shape index (κ3) is 3.09. The standard InChI is InChI=1S/C15H12FNO2/c16-14-3-1-2-13(9-18)15(14)19-10-12-6-4-11(8-17)5-7-12/h1-7,18H,9-10H2. The third-order valence-electron chi connectivity index (χ3n) is 2.69. The summed E-state index contributed by atoms with van der Waals surface area (Å²) in [7, 11) is 0. The number of aliphatic hydroxyl groups excluding tert-OH is 1. The molecule has 1 N–H and O–H groups in total. The quantitative estimate of drug-likeness (QED) is 0.916. The Kier molecular flexibility index (Phi) is 4.11. The minimum absolute atomic E-state index is 0.0642. The van der Waals surface area contributed by atoms with Crippen molar-refractivity contribution in [3.05, 3.63) is 65.0 Å². The van der Waals surface area contributed by atoms with Crippen LogP contribution in [0.5, 0.6) is 5.75 Å². The van der Waals surface area contributed by atoms with Gasteiger partial charge in [0.15, 0.2) is 11.6 Å².